The van der Waals surface area contributed by atoms with E-state index in [9.17, 15) is 24.3 Å². The van der Waals surface area contributed by atoms with Crippen LogP contribution < -0.4 is 10.1 Å². The van der Waals surface area contributed by atoms with Gasteiger partial charge in [0.2, 0.25) is 0 Å². The summed E-state index contributed by atoms with van der Waals surface area (Å²) in [5.41, 5.74) is 0.674. The molecule has 1 amide bonds. The van der Waals surface area contributed by atoms with Gasteiger partial charge in [-0.3, -0.25) is 9.59 Å². The van der Waals surface area contributed by atoms with Gasteiger partial charge in [0.05, 0.1) is 18.2 Å². The molecule has 0 bridgehead atoms. The number of benzene rings is 2. The van der Waals surface area contributed by atoms with E-state index in [1.165, 1.54) is 38.3 Å². The lowest BCUT2D eigenvalue weighted by Gasteiger charge is -2.16. The maximum Gasteiger partial charge on any atom is 0.338 e. The molecule has 0 spiro atoms. The van der Waals surface area contributed by atoms with Gasteiger partial charge in [0.15, 0.2) is 0 Å². The average Bonchev–Trinajstić information content (AvgIpc) is 2.67. The molecule has 28 heavy (non-hydrogen) atoms. The number of rotatable bonds is 7. The van der Waals surface area contributed by atoms with Crippen LogP contribution >= 0.6 is 0 Å². The lowest BCUT2D eigenvalue weighted by atomic mass is 10.0. The fraction of sp³-hybridized carbons (Fsp3) is 0.200. The lowest BCUT2D eigenvalue weighted by molar-refractivity contribution is -0.139. The molecule has 0 aromatic heterocycles. The molecule has 0 saturated heterocycles. The zero-order chi connectivity index (χ0) is 20.7. The molecule has 2 N–H and O–H groups in total. The predicted octanol–water partition coefficient (Wildman–Crippen LogP) is 1.82. The number of carbonyl (C=O) groups excluding carboxylic acids is 3. The number of aliphatic carboxylic acids is 1. The van der Waals surface area contributed by atoms with Crippen LogP contribution in [0.5, 0.6) is 5.75 Å². The Morgan fingerprint density at radius 2 is 1.61 bits per heavy atom. The molecule has 0 radical (unpaired) electrons. The number of hydrogen-bond acceptors (Lipinski definition) is 6. The minimum absolute atomic E-state index is 0.00180. The smallest absolute Gasteiger partial charge is 0.338 e. The van der Waals surface area contributed by atoms with Crippen LogP contribution in [0.3, 0.4) is 0 Å². The molecule has 2 rings (SSSR count). The van der Waals surface area contributed by atoms with Crippen molar-refractivity contribution in [2.45, 2.75) is 19.4 Å². The number of amides is 1. The molecular weight excluding hydrogens is 366 g/mol. The number of carboxylic acids is 1. The number of esters is 2. The Hall–Kier alpha value is -3.68. The zero-order valence-electron chi connectivity index (χ0n) is 15.3. The summed E-state index contributed by atoms with van der Waals surface area (Å²) >= 11 is 0. The second-order valence-corrected chi connectivity index (χ2v) is 5.84. The van der Waals surface area contributed by atoms with Gasteiger partial charge in [-0.2, -0.15) is 0 Å². The van der Waals surface area contributed by atoms with Gasteiger partial charge < -0.3 is 19.9 Å². The number of carboxylic acid groups (broad SMARTS) is 1. The molecule has 2 aromatic rings. The van der Waals surface area contributed by atoms with Crippen LogP contribution in [0, 0.1) is 0 Å². The third-order valence-corrected chi connectivity index (χ3v) is 3.81. The highest BCUT2D eigenvalue weighted by Crippen LogP contribution is 2.15. The topological polar surface area (TPSA) is 119 Å². The SMILES string of the molecule is COC(=O)c1ccccc1C(=O)NC(Cc1ccc(OC(C)=O)cc1)C(=O)O. The summed E-state index contributed by atoms with van der Waals surface area (Å²) in [7, 11) is 1.19. The number of ether oxygens (including phenoxy) is 2. The number of carbonyl (C=O) groups is 4. The molecule has 146 valence electrons. The molecule has 0 heterocycles. The van der Waals surface area contributed by atoms with Crippen LogP contribution in [0.25, 0.3) is 0 Å². The van der Waals surface area contributed by atoms with Gasteiger partial charge in [0.1, 0.15) is 11.8 Å². The van der Waals surface area contributed by atoms with Crippen molar-refractivity contribution in [3.63, 3.8) is 0 Å². The van der Waals surface area contributed by atoms with E-state index in [2.05, 4.69) is 10.1 Å². The van der Waals surface area contributed by atoms with Crippen LogP contribution in [0.4, 0.5) is 0 Å². The Kier molecular flexibility index (Phi) is 6.86. The van der Waals surface area contributed by atoms with Crippen LogP contribution in [0.15, 0.2) is 48.5 Å². The summed E-state index contributed by atoms with van der Waals surface area (Å²) in [5, 5.41) is 11.9. The fourth-order valence-corrected chi connectivity index (χ4v) is 2.50. The third-order valence-electron chi connectivity index (χ3n) is 3.81. The van der Waals surface area contributed by atoms with E-state index in [0.29, 0.717) is 11.3 Å². The van der Waals surface area contributed by atoms with Crippen molar-refractivity contribution < 1.29 is 33.8 Å². The number of methoxy groups -OCH3 is 1. The molecule has 1 unspecified atom stereocenters. The molecule has 0 aliphatic rings. The van der Waals surface area contributed by atoms with E-state index in [-0.39, 0.29) is 17.5 Å². The van der Waals surface area contributed by atoms with Crippen molar-refractivity contribution in [1.29, 1.82) is 0 Å². The number of nitrogens with one attached hydrogen (secondary N) is 1. The highest BCUT2D eigenvalue weighted by molar-refractivity contribution is 6.06. The monoisotopic (exact) mass is 385 g/mol. The summed E-state index contributed by atoms with van der Waals surface area (Å²) in [6, 6.07) is 11.0. The van der Waals surface area contributed by atoms with Gasteiger partial charge in [-0.25, -0.2) is 9.59 Å². The highest BCUT2D eigenvalue weighted by Gasteiger charge is 2.24. The summed E-state index contributed by atoms with van der Waals surface area (Å²) in [5.74, 6) is -2.76. The molecular formula is C20H19NO7. The van der Waals surface area contributed by atoms with Gasteiger partial charge in [0.25, 0.3) is 5.91 Å². The Labute approximate surface area is 161 Å². The van der Waals surface area contributed by atoms with Gasteiger partial charge in [-0.1, -0.05) is 24.3 Å². The minimum atomic E-state index is -1.23. The van der Waals surface area contributed by atoms with Gasteiger partial charge >= 0.3 is 17.9 Å². The van der Waals surface area contributed by atoms with Crippen molar-refractivity contribution in [3.05, 3.63) is 65.2 Å². The summed E-state index contributed by atoms with van der Waals surface area (Å²) in [4.78, 5) is 46.9. The van der Waals surface area contributed by atoms with Crippen LogP contribution in [-0.2, 0) is 20.7 Å². The molecule has 1 atom stereocenters. The molecule has 8 nitrogen and oxygen atoms in total. The molecule has 8 heteroatoms. The molecule has 0 aliphatic carbocycles. The third kappa shape index (κ3) is 5.41. The number of hydrogen-bond donors (Lipinski definition) is 2. The van der Waals surface area contributed by atoms with Crippen LogP contribution in [0.2, 0.25) is 0 Å². The van der Waals surface area contributed by atoms with E-state index < -0.39 is 29.9 Å². The van der Waals surface area contributed by atoms with Gasteiger partial charge in [-0.05, 0) is 29.8 Å². The second kappa shape index (κ2) is 9.31. The maximum absolute atomic E-state index is 12.5. The van der Waals surface area contributed by atoms with E-state index in [0.717, 1.165) is 0 Å². The van der Waals surface area contributed by atoms with E-state index in [4.69, 9.17) is 4.74 Å². The van der Waals surface area contributed by atoms with Crippen molar-refractivity contribution in [1.82, 2.24) is 5.32 Å². The first-order valence-corrected chi connectivity index (χ1v) is 8.30. The van der Waals surface area contributed by atoms with E-state index in [1.54, 1.807) is 24.3 Å². The van der Waals surface area contributed by atoms with Crippen LogP contribution in [-0.4, -0.2) is 42.1 Å². The zero-order valence-corrected chi connectivity index (χ0v) is 15.3. The molecule has 0 fully saturated rings. The average molecular weight is 385 g/mol. The first kappa shape index (κ1) is 20.6. The quantitative estimate of drug-likeness (QED) is 0.551. The van der Waals surface area contributed by atoms with Crippen molar-refractivity contribution in [3.8, 4) is 5.75 Å². The predicted molar refractivity (Wildman–Crippen MR) is 98.1 cm³/mol. The fourth-order valence-electron chi connectivity index (χ4n) is 2.50. The molecule has 2 aromatic carbocycles. The summed E-state index contributed by atoms with van der Waals surface area (Å²) < 4.78 is 9.56. The Balaban J connectivity index is 2.15. The minimum Gasteiger partial charge on any atom is -0.480 e. The maximum atomic E-state index is 12.5. The van der Waals surface area contributed by atoms with Crippen molar-refractivity contribution >= 4 is 23.8 Å². The van der Waals surface area contributed by atoms with Gasteiger partial charge in [-0.15, -0.1) is 0 Å². The standard InChI is InChI=1S/C20H19NO7/c1-12(22)28-14-9-7-13(8-10-14)11-17(19(24)25)21-18(23)15-5-3-4-6-16(15)20(26)27-2/h3-10,17H,11H2,1-2H3,(H,21,23)(H,24,25). The normalized spacial score (nSPS) is 11.2. The van der Waals surface area contributed by atoms with Crippen molar-refractivity contribution in [2.75, 3.05) is 7.11 Å². The summed E-state index contributed by atoms with van der Waals surface area (Å²) in [6.45, 7) is 1.27. The first-order valence-electron chi connectivity index (χ1n) is 8.30. The Morgan fingerprint density at radius 3 is 2.14 bits per heavy atom. The van der Waals surface area contributed by atoms with Gasteiger partial charge in [0, 0.05) is 13.3 Å². The van der Waals surface area contributed by atoms with Crippen LogP contribution in [0.1, 0.15) is 33.2 Å². The lowest BCUT2D eigenvalue weighted by Crippen LogP contribution is -2.42. The molecule has 0 aliphatic heterocycles. The Morgan fingerprint density at radius 1 is 1.00 bits per heavy atom. The largest absolute Gasteiger partial charge is 0.480 e. The first-order chi connectivity index (χ1) is 13.3. The summed E-state index contributed by atoms with van der Waals surface area (Å²) in [6.07, 6.45) is 0.00180. The van der Waals surface area contributed by atoms with E-state index in [1.807, 2.05) is 0 Å². The van der Waals surface area contributed by atoms with E-state index >= 15 is 0 Å². The Bertz CT molecular complexity index is 890. The highest BCUT2D eigenvalue weighted by atomic mass is 16.5. The second-order valence-electron chi connectivity index (χ2n) is 5.84. The van der Waals surface area contributed by atoms with Crippen molar-refractivity contribution in [2.24, 2.45) is 0 Å². The molecule has 0 saturated carbocycles.